The molecule has 13 atom stereocenters. The lowest BCUT2D eigenvalue weighted by atomic mass is 9.83. The monoisotopic (exact) mass is 1290 g/mol. The second-order valence-electron chi connectivity index (χ2n) is 21.5. The van der Waals surface area contributed by atoms with Crippen LogP contribution < -0.4 is 37.9 Å². The minimum atomic E-state index is -2.10. The molecule has 0 bridgehead atoms. The van der Waals surface area contributed by atoms with E-state index in [4.69, 9.17) is 15.9 Å². The number of carbonyl (C=O) groups is 11. The third-order valence-corrected chi connectivity index (χ3v) is 14.6. The van der Waals surface area contributed by atoms with Gasteiger partial charge in [0.05, 0.1) is 49.9 Å². The van der Waals surface area contributed by atoms with Gasteiger partial charge in [0.2, 0.25) is 23.7 Å². The molecule has 3 rings (SSSR count). The number of carbonyl (C=O) groups excluding carboxylic acids is 8. The van der Waals surface area contributed by atoms with E-state index < -0.39 is 252 Å². The molecule has 35 nitrogen and oxygen atoms in total. The molecule has 91 heavy (non-hydrogen) atoms. The summed E-state index contributed by atoms with van der Waals surface area (Å²) < 4.78 is 0. The third-order valence-electron chi connectivity index (χ3n) is 14.6. The van der Waals surface area contributed by atoms with E-state index in [0.717, 1.165) is 0 Å². The standard InChI is InChI=1S/C56H80N10O25/c1-2-35(70)27(7-15-44(79)80)18-36(71)28(5-13-42(77)59-22-38(73)47(83)49(85)40(75)24-67)19-37(72)33(12-16-45(81)82)63-53(88)29(6-14-43(78)60-23-39(74)48(84)50(86)41(76)25-68)17-32(69)10-11-34(55(90)91)64-52(87)26-3-8-30(9-4-26)58-20-31-21-61-51-46(62-31)54(89)66-56(57)65-51/h3-4,8-9,21,27-29,33-34,38-41,47-50,58,67-68,73-76,83-86H,2,5-7,10-20,22-25H2,1H3,(H,59,77)(H,60,78)(H,63,88)(H,64,87)(H,79,80)(H,81,82)(H,90,91)(H3,57,61,65,66,89)/t27-,28-,29-,33+,34+,38+,39+,40-,41-,47-,48-,49-,50-/m1/s1. The van der Waals surface area contributed by atoms with Gasteiger partial charge in [-0.05, 0) is 56.4 Å². The van der Waals surface area contributed by atoms with Crippen LogP contribution in [0.15, 0.2) is 35.3 Å². The molecule has 35 heteroatoms. The van der Waals surface area contributed by atoms with Crippen LogP contribution in [0.3, 0.4) is 0 Å². The quantitative estimate of drug-likeness (QED) is 0.0251. The van der Waals surface area contributed by atoms with Crippen molar-refractivity contribution in [3.63, 3.8) is 0 Å². The minimum absolute atomic E-state index is 0.0225. The average molecular weight is 1290 g/mol. The number of aliphatic hydroxyl groups is 10. The van der Waals surface area contributed by atoms with Crippen LogP contribution in [0.25, 0.3) is 11.2 Å². The Morgan fingerprint density at radius 3 is 1.59 bits per heavy atom. The highest BCUT2D eigenvalue weighted by atomic mass is 16.4. The highest BCUT2D eigenvalue weighted by molar-refractivity contribution is 5.98. The predicted octanol–water partition coefficient (Wildman–Crippen LogP) is -5.55. The Balaban J connectivity index is 1.88. The van der Waals surface area contributed by atoms with Crippen molar-refractivity contribution in [1.29, 1.82) is 0 Å². The number of carboxylic acid groups (broad SMARTS) is 3. The Morgan fingerprint density at radius 1 is 0.571 bits per heavy atom. The predicted molar refractivity (Wildman–Crippen MR) is 311 cm³/mol. The van der Waals surface area contributed by atoms with Gasteiger partial charge in [0.15, 0.2) is 16.9 Å². The summed E-state index contributed by atoms with van der Waals surface area (Å²) in [6, 6.07) is 2.09. The number of aromatic amines is 1. The summed E-state index contributed by atoms with van der Waals surface area (Å²) in [5.41, 5.74) is 5.67. The van der Waals surface area contributed by atoms with Crippen LogP contribution in [-0.2, 0) is 54.5 Å². The summed E-state index contributed by atoms with van der Waals surface area (Å²) >= 11 is 0. The maximum atomic E-state index is 14.3. The lowest BCUT2D eigenvalue weighted by molar-refractivity contribution is -0.140. The number of fused-ring (bicyclic) bond motifs is 1. The first-order chi connectivity index (χ1) is 42.9. The molecule has 2 heterocycles. The second kappa shape index (κ2) is 38.3. The van der Waals surface area contributed by atoms with Gasteiger partial charge in [0, 0.05) is 99.9 Å². The molecule has 0 saturated heterocycles. The number of amides is 4. The summed E-state index contributed by atoms with van der Waals surface area (Å²) in [4.78, 5) is 171. The Bertz CT molecular complexity index is 3040. The fourth-order valence-electron chi connectivity index (χ4n) is 9.09. The van der Waals surface area contributed by atoms with Gasteiger partial charge in [-0.15, -0.1) is 0 Å². The number of nitrogens with zero attached hydrogens (tertiary/aromatic N) is 3. The van der Waals surface area contributed by atoms with Crippen molar-refractivity contribution in [2.24, 2.45) is 17.8 Å². The molecular weight excluding hydrogens is 1210 g/mol. The maximum Gasteiger partial charge on any atom is 0.326 e. The number of nitrogens with two attached hydrogens (primary N) is 1. The Morgan fingerprint density at radius 2 is 1.07 bits per heavy atom. The van der Waals surface area contributed by atoms with E-state index in [1.165, 1.54) is 37.4 Å². The number of anilines is 2. The van der Waals surface area contributed by atoms with E-state index in [0.29, 0.717) is 11.4 Å². The zero-order chi connectivity index (χ0) is 68.2. The number of carboxylic acids is 3. The number of benzene rings is 1. The molecular formula is C56H80N10O25. The van der Waals surface area contributed by atoms with E-state index in [1.807, 2.05) is 0 Å². The van der Waals surface area contributed by atoms with Crippen LogP contribution in [0, 0.1) is 17.8 Å². The molecule has 2 aromatic heterocycles. The molecule has 1 aromatic carbocycles. The van der Waals surface area contributed by atoms with Gasteiger partial charge >= 0.3 is 17.9 Å². The average Bonchev–Trinajstić information content (AvgIpc) is 2.34. The molecule has 0 aliphatic rings. The van der Waals surface area contributed by atoms with Gasteiger partial charge in [-0.25, -0.2) is 14.8 Å². The first kappa shape index (κ1) is 76.9. The van der Waals surface area contributed by atoms with Crippen molar-refractivity contribution in [3.8, 4) is 0 Å². The summed E-state index contributed by atoms with van der Waals surface area (Å²) in [5.74, 6) is -16.0. The summed E-state index contributed by atoms with van der Waals surface area (Å²) in [5, 5.41) is 140. The number of aliphatic carboxylic acids is 3. The molecule has 0 spiro atoms. The van der Waals surface area contributed by atoms with Crippen LogP contribution in [0.5, 0.6) is 0 Å². The largest absolute Gasteiger partial charge is 0.481 e. The van der Waals surface area contributed by atoms with Crippen molar-refractivity contribution in [2.75, 3.05) is 37.4 Å². The lowest BCUT2D eigenvalue weighted by Crippen LogP contribution is -2.49. The summed E-state index contributed by atoms with van der Waals surface area (Å²) in [7, 11) is 0. The Kier molecular flexibility index (Phi) is 32.4. The normalized spacial score (nSPS) is 15.7. The van der Waals surface area contributed by atoms with Gasteiger partial charge in [-0.3, -0.25) is 57.7 Å². The van der Waals surface area contributed by atoms with E-state index in [2.05, 4.69) is 46.5 Å². The molecule has 3 aromatic rings. The molecule has 0 aliphatic carbocycles. The minimum Gasteiger partial charge on any atom is -0.481 e. The SMILES string of the molecule is CCC(=O)[C@H](CCC(=O)O)CC(=O)[C@H](CCC(=O)NC[C@H](O)[C@@H](O)[C@H](O)[C@H](O)CO)CC(=O)[C@H](CCC(=O)O)NC(=O)[C@H](CCC(=O)NC[C@H](O)[C@@H](O)[C@H](O)[C@H](O)CO)CC(=O)CC[C@H](NC(=O)c1ccc(NCc2cnc3nc(N)[nH]c(=O)c3n2)cc1)C(=O)O. The molecule has 0 aliphatic heterocycles. The third kappa shape index (κ3) is 26.2. The highest BCUT2D eigenvalue weighted by Gasteiger charge is 2.36. The molecule has 0 fully saturated rings. The fraction of sp³-hybridized carbons (Fsp3) is 0.589. The van der Waals surface area contributed by atoms with Gasteiger partial charge in [0.1, 0.15) is 60.0 Å². The molecule has 0 saturated carbocycles. The van der Waals surface area contributed by atoms with Crippen LogP contribution in [-0.4, -0.2) is 238 Å². The number of aliphatic hydroxyl groups excluding tert-OH is 10. The summed E-state index contributed by atoms with van der Waals surface area (Å²) in [6.07, 6.45) is -23.0. The molecule has 0 radical (unpaired) electrons. The van der Waals surface area contributed by atoms with Crippen LogP contribution in [0.1, 0.15) is 113 Å². The smallest absolute Gasteiger partial charge is 0.326 e. The van der Waals surface area contributed by atoms with Gasteiger partial charge in [0.25, 0.3) is 11.5 Å². The summed E-state index contributed by atoms with van der Waals surface area (Å²) in [6.45, 7) is -2.04. The molecule has 4 amide bonds. The number of aromatic nitrogens is 4. The number of hydrogen-bond acceptors (Lipinski definition) is 27. The number of nitrogens with one attached hydrogen (secondary N) is 6. The number of Topliss-reactive ketones (excluding diaryl/α,β-unsaturated/α-hetero) is 4. The van der Waals surface area contributed by atoms with Crippen molar-refractivity contribution in [1.82, 2.24) is 41.2 Å². The van der Waals surface area contributed by atoms with E-state index >= 15 is 0 Å². The zero-order valence-corrected chi connectivity index (χ0v) is 49.5. The van der Waals surface area contributed by atoms with Crippen LogP contribution in [0.4, 0.5) is 11.6 Å². The van der Waals surface area contributed by atoms with E-state index in [9.17, 15) is 114 Å². The van der Waals surface area contributed by atoms with Crippen molar-refractivity contribution in [2.45, 2.75) is 164 Å². The second-order valence-corrected chi connectivity index (χ2v) is 21.5. The molecule has 504 valence electrons. The van der Waals surface area contributed by atoms with Crippen LogP contribution in [0.2, 0.25) is 0 Å². The van der Waals surface area contributed by atoms with Gasteiger partial charge < -0.3 is 98.7 Å². The van der Waals surface area contributed by atoms with Gasteiger partial charge in [-0.2, -0.15) is 4.98 Å². The van der Waals surface area contributed by atoms with Crippen molar-refractivity contribution >= 4 is 87.5 Å². The zero-order valence-electron chi connectivity index (χ0n) is 49.5. The number of nitrogen functional groups attached to an aromatic ring is 1. The number of ketones is 4. The van der Waals surface area contributed by atoms with Crippen LogP contribution >= 0.6 is 0 Å². The first-order valence-electron chi connectivity index (χ1n) is 28.8. The molecule has 0 unspecified atom stereocenters. The van der Waals surface area contributed by atoms with E-state index in [1.54, 1.807) is 0 Å². The topological polar surface area (TPSA) is 608 Å². The van der Waals surface area contributed by atoms with E-state index in [-0.39, 0.29) is 42.1 Å². The Hall–Kier alpha value is -8.39. The maximum absolute atomic E-state index is 14.3. The van der Waals surface area contributed by atoms with Gasteiger partial charge in [-0.1, -0.05) is 6.92 Å². The molecule has 21 N–H and O–H groups in total. The number of H-pyrrole nitrogens is 1. The van der Waals surface area contributed by atoms with Crippen molar-refractivity contribution < 1.29 is 119 Å². The Labute approximate surface area is 517 Å². The highest BCUT2D eigenvalue weighted by Crippen LogP contribution is 2.25. The fourth-order valence-corrected chi connectivity index (χ4v) is 9.09. The first-order valence-corrected chi connectivity index (χ1v) is 28.8. The lowest BCUT2D eigenvalue weighted by Gasteiger charge is -2.26. The van der Waals surface area contributed by atoms with Crippen molar-refractivity contribution in [3.05, 3.63) is 52.1 Å². The number of hydrogen-bond donors (Lipinski definition) is 20. The number of rotatable bonds is 45.